The molecule has 2 aromatic rings. The topological polar surface area (TPSA) is 90.9 Å². The van der Waals surface area contributed by atoms with E-state index in [0.29, 0.717) is 79.3 Å². The second-order valence-corrected chi connectivity index (χ2v) is 8.01. The third-order valence-electron chi connectivity index (χ3n) is 4.58. The van der Waals surface area contributed by atoms with E-state index >= 15 is 0 Å². The Labute approximate surface area is 222 Å². The molecule has 11 heteroatoms. The second-order valence-electron chi connectivity index (χ2n) is 6.81. The number of hydrogen-bond acceptors (Lipinski definition) is 9. The maximum Gasteiger partial charge on any atom is 1.00 e. The largest absolute Gasteiger partial charge is 1.00 e. The van der Waals surface area contributed by atoms with E-state index in [4.69, 9.17) is 37.9 Å². The van der Waals surface area contributed by atoms with Crippen LogP contribution in [0.1, 0.15) is 11.8 Å². The Morgan fingerprint density at radius 1 is 0.714 bits per heavy atom. The number of carbonyl (C=O) groups is 1. The van der Waals surface area contributed by atoms with E-state index in [1.165, 1.54) is 14.2 Å². The van der Waals surface area contributed by atoms with E-state index in [0.717, 1.165) is 0 Å². The standard InChI is InChI=1S/C24H33O9P.Li.H/c1-26-9-12-31-17-15-20(32-13-10-27-2)23(21(16-17)33-14-11-28-3)34-24(25)22-18(29-4)7-6-8-19(22)30-5;;/h6-8,15-16,34H,9-14H2,1-5H3;;/q;+1;-1. The molecule has 9 nitrogen and oxygen atoms in total. The van der Waals surface area contributed by atoms with Gasteiger partial charge >= 0.3 is 18.9 Å². The third-order valence-corrected chi connectivity index (χ3v) is 5.80. The minimum atomic E-state index is -0.336. The average molecular weight is 504 g/mol. The Balaban J connectivity index is 0.00000612. The van der Waals surface area contributed by atoms with Crippen LogP contribution in [0.25, 0.3) is 0 Å². The third kappa shape index (κ3) is 9.53. The first-order valence-corrected chi connectivity index (χ1v) is 11.6. The van der Waals surface area contributed by atoms with Crippen molar-refractivity contribution in [3.05, 3.63) is 35.9 Å². The van der Waals surface area contributed by atoms with Gasteiger partial charge in [-0.25, -0.2) is 0 Å². The first-order valence-electron chi connectivity index (χ1n) is 10.6. The van der Waals surface area contributed by atoms with Gasteiger partial charge in [-0.05, 0) is 20.7 Å². The zero-order valence-corrected chi connectivity index (χ0v) is 22.3. The molecule has 2 rings (SSSR count). The normalized spacial score (nSPS) is 10.7. The van der Waals surface area contributed by atoms with Crippen LogP contribution in [0.4, 0.5) is 0 Å². The smallest absolute Gasteiger partial charge is 1.00 e. The molecule has 0 saturated carbocycles. The van der Waals surface area contributed by atoms with Crippen molar-refractivity contribution in [1.29, 1.82) is 0 Å². The van der Waals surface area contributed by atoms with Crippen molar-refractivity contribution in [2.45, 2.75) is 0 Å². The average Bonchev–Trinajstić information content (AvgIpc) is 2.85. The van der Waals surface area contributed by atoms with Crippen molar-refractivity contribution in [1.82, 2.24) is 0 Å². The first kappa shape index (κ1) is 31.0. The van der Waals surface area contributed by atoms with Crippen LogP contribution < -0.4 is 47.8 Å². The summed E-state index contributed by atoms with van der Waals surface area (Å²) in [5.41, 5.74) is 0.174. The molecule has 190 valence electrons. The SMILES string of the molecule is COCCOc1cc(OCCOC)c(PC(=O)c2c(OC)cccc2OC)c(OCCOC)c1.[H-].[Li+]. The van der Waals surface area contributed by atoms with E-state index in [-0.39, 0.29) is 34.4 Å². The summed E-state index contributed by atoms with van der Waals surface area (Å²) >= 11 is 0. The van der Waals surface area contributed by atoms with E-state index < -0.39 is 0 Å². The van der Waals surface area contributed by atoms with E-state index in [9.17, 15) is 4.79 Å². The van der Waals surface area contributed by atoms with Gasteiger partial charge in [-0.3, -0.25) is 4.79 Å². The Morgan fingerprint density at radius 3 is 1.60 bits per heavy atom. The summed E-state index contributed by atoms with van der Waals surface area (Å²) in [4.78, 5) is 13.5. The van der Waals surface area contributed by atoms with Crippen LogP contribution in [0, 0.1) is 0 Å². The second kappa shape index (κ2) is 17.4. The van der Waals surface area contributed by atoms with E-state index in [2.05, 4.69) is 0 Å². The van der Waals surface area contributed by atoms with Gasteiger partial charge in [0.25, 0.3) is 0 Å². The Bertz CT molecular complexity index is 864. The molecular formula is C24H34LiO9P. The zero-order valence-electron chi connectivity index (χ0n) is 22.3. The maximum absolute atomic E-state index is 13.5. The van der Waals surface area contributed by atoms with Crippen molar-refractivity contribution in [3.8, 4) is 28.7 Å². The first-order chi connectivity index (χ1) is 16.6. The molecule has 0 aliphatic heterocycles. The fraction of sp³-hybridized carbons (Fsp3) is 0.458. The number of benzene rings is 2. The molecule has 1 unspecified atom stereocenters. The van der Waals surface area contributed by atoms with Gasteiger partial charge in [0.2, 0.25) is 0 Å². The van der Waals surface area contributed by atoms with Gasteiger partial charge < -0.3 is 39.3 Å². The monoisotopic (exact) mass is 504 g/mol. The molecule has 0 aromatic heterocycles. The van der Waals surface area contributed by atoms with Gasteiger partial charge in [-0.2, -0.15) is 0 Å². The number of carbonyl (C=O) groups excluding carboxylic acids is 1. The quantitative estimate of drug-likeness (QED) is 0.168. The molecule has 1 atom stereocenters. The molecule has 0 amide bonds. The summed E-state index contributed by atoms with van der Waals surface area (Å²) in [6.07, 6.45) is 0. The molecule has 35 heavy (non-hydrogen) atoms. The van der Waals surface area contributed by atoms with Crippen LogP contribution >= 0.6 is 8.58 Å². The number of hydrogen-bond donors (Lipinski definition) is 0. The summed E-state index contributed by atoms with van der Waals surface area (Å²) < 4.78 is 43.8. The molecule has 2 aromatic carbocycles. The zero-order chi connectivity index (χ0) is 24.8. The number of ether oxygens (including phenoxy) is 8. The number of rotatable bonds is 17. The van der Waals surface area contributed by atoms with Gasteiger partial charge in [-0.1, -0.05) is 6.07 Å². The minimum absolute atomic E-state index is 0. The molecule has 0 saturated heterocycles. The molecule has 0 bridgehead atoms. The predicted molar refractivity (Wildman–Crippen MR) is 131 cm³/mol. The molecule has 0 spiro atoms. The Morgan fingerprint density at radius 2 is 1.17 bits per heavy atom. The molecule has 0 heterocycles. The Kier molecular flexibility index (Phi) is 15.5. The molecular weight excluding hydrogens is 470 g/mol. The molecule has 0 aliphatic rings. The summed E-state index contributed by atoms with van der Waals surface area (Å²) in [5, 5.41) is 0.601. The van der Waals surface area contributed by atoms with Crippen LogP contribution in [0.15, 0.2) is 30.3 Å². The van der Waals surface area contributed by atoms with Crippen molar-refractivity contribution < 1.29 is 63.0 Å². The molecule has 0 N–H and O–H groups in total. The van der Waals surface area contributed by atoms with Crippen LogP contribution in [0.2, 0.25) is 0 Å². The summed E-state index contributed by atoms with van der Waals surface area (Å²) in [6.45, 7) is 2.12. The van der Waals surface area contributed by atoms with Gasteiger partial charge in [0.1, 0.15) is 54.1 Å². The number of methoxy groups -OCH3 is 5. The van der Waals surface area contributed by atoms with Crippen molar-refractivity contribution >= 4 is 19.4 Å². The molecule has 0 fully saturated rings. The van der Waals surface area contributed by atoms with Crippen LogP contribution in [0.3, 0.4) is 0 Å². The maximum atomic E-state index is 13.5. The van der Waals surface area contributed by atoms with Gasteiger partial charge in [0.15, 0.2) is 5.52 Å². The fourth-order valence-corrected chi connectivity index (χ4v) is 4.10. The predicted octanol–water partition coefficient (Wildman–Crippen LogP) is 0.0401. The van der Waals surface area contributed by atoms with Crippen LogP contribution in [0.5, 0.6) is 28.7 Å². The molecule has 0 radical (unpaired) electrons. The molecule has 0 aliphatic carbocycles. The summed E-state index contributed by atoms with van der Waals surface area (Å²) in [5.74, 6) is 2.34. The van der Waals surface area contributed by atoms with Crippen molar-refractivity contribution in [3.63, 3.8) is 0 Å². The van der Waals surface area contributed by atoms with Gasteiger partial charge in [0, 0.05) is 33.5 Å². The van der Waals surface area contributed by atoms with Gasteiger partial charge in [-0.15, -0.1) is 0 Å². The van der Waals surface area contributed by atoms with E-state index in [1.54, 1.807) is 51.7 Å². The van der Waals surface area contributed by atoms with Crippen molar-refractivity contribution in [2.75, 3.05) is 75.2 Å². The van der Waals surface area contributed by atoms with E-state index in [1.807, 2.05) is 0 Å². The van der Waals surface area contributed by atoms with Crippen LogP contribution in [-0.2, 0) is 14.2 Å². The minimum Gasteiger partial charge on any atom is -1.00 e. The van der Waals surface area contributed by atoms with Crippen LogP contribution in [-0.4, -0.2) is 80.7 Å². The Hall–Kier alpha value is -1.98. The van der Waals surface area contributed by atoms with Gasteiger partial charge in [0.05, 0.1) is 39.3 Å². The van der Waals surface area contributed by atoms with Crippen molar-refractivity contribution in [2.24, 2.45) is 0 Å². The fourth-order valence-electron chi connectivity index (χ4n) is 2.96. The summed E-state index contributed by atoms with van der Waals surface area (Å²) in [7, 11) is 7.47. The summed E-state index contributed by atoms with van der Waals surface area (Å²) in [6, 6.07) is 8.69.